The van der Waals surface area contributed by atoms with Gasteiger partial charge in [-0.15, -0.1) is 0 Å². The fourth-order valence-corrected chi connectivity index (χ4v) is 4.57. The van der Waals surface area contributed by atoms with Crippen molar-refractivity contribution in [3.05, 3.63) is 54.1 Å². The summed E-state index contributed by atoms with van der Waals surface area (Å²) in [7, 11) is 5.13. The molecule has 0 saturated carbocycles. The van der Waals surface area contributed by atoms with E-state index in [4.69, 9.17) is 21.7 Å². The Bertz CT molecular complexity index is 948. The molecular formula is C21H23N3O3S. The van der Waals surface area contributed by atoms with Crippen LogP contribution < -0.4 is 19.7 Å². The lowest BCUT2D eigenvalue weighted by Crippen LogP contribution is -2.72. The quantitative estimate of drug-likeness (QED) is 0.804. The first-order valence-corrected chi connectivity index (χ1v) is 9.52. The Kier molecular flexibility index (Phi) is 4.42. The molecule has 2 aliphatic heterocycles. The number of fused-ring (bicyclic) bond motifs is 4. The summed E-state index contributed by atoms with van der Waals surface area (Å²) >= 11 is 5.73. The lowest BCUT2D eigenvalue weighted by atomic mass is 9.78. The highest BCUT2D eigenvalue weighted by Gasteiger charge is 2.59. The molecule has 2 aromatic carbocycles. The highest BCUT2D eigenvalue weighted by molar-refractivity contribution is 7.80. The summed E-state index contributed by atoms with van der Waals surface area (Å²) in [6, 6.07) is 15.1. The summed E-state index contributed by atoms with van der Waals surface area (Å²) in [6.07, 6.45) is 0. The van der Waals surface area contributed by atoms with Crippen LogP contribution >= 0.6 is 12.2 Å². The van der Waals surface area contributed by atoms with Gasteiger partial charge in [-0.25, -0.2) is 0 Å². The summed E-state index contributed by atoms with van der Waals surface area (Å²) in [5.74, 6) is 0.864. The van der Waals surface area contributed by atoms with Gasteiger partial charge in [0.05, 0.1) is 18.8 Å². The number of carbonyl (C=O) groups is 1. The smallest absolute Gasteiger partial charge is 0.233 e. The minimum atomic E-state index is -1.02. The maximum absolute atomic E-state index is 13.3. The molecule has 1 fully saturated rings. The van der Waals surface area contributed by atoms with E-state index in [0.717, 1.165) is 17.0 Å². The van der Waals surface area contributed by atoms with Gasteiger partial charge in [-0.1, -0.05) is 30.3 Å². The number of benzene rings is 2. The summed E-state index contributed by atoms with van der Waals surface area (Å²) in [5, 5.41) is 3.88. The molecular weight excluding hydrogens is 374 g/mol. The number of carbonyl (C=O) groups excluding carboxylic acids is 1. The molecule has 0 aromatic heterocycles. The third-order valence-corrected chi connectivity index (χ3v) is 5.74. The molecule has 0 unspecified atom stereocenters. The highest BCUT2D eigenvalue weighted by Crippen LogP contribution is 2.50. The molecule has 1 amide bonds. The summed E-state index contributed by atoms with van der Waals surface area (Å²) in [4.78, 5) is 16.7. The van der Waals surface area contributed by atoms with Crippen LogP contribution in [0.2, 0.25) is 0 Å². The molecule has 28 heavy (non-hydrogen) atoms. The lowest BCUT2D eigenvalue weighted by molar-refractivity contribution is -0.144. The number of nitrogens with zero attached hydrogens (tertiary/aromatic N) is 2. The van der Waals surface area contributed by atoms with Gasteiger partial charge >= 0.3 is 0 Å². The number of ether oxygens (including phenoxy) is 2. The minimum absolute atomic E-state index is 0.0306. The number of thiocarbonyl (C=S) groups is 1. The van der Waals surface area contributed by atoms with Crippen molar-refractivity contribution in [1.82, 2.24) is 10.2 Å². The van der Waals surface area contributed by atoms with Crippen molar-refractivity contribution in [2.75, 3.05) is 26.1 Å². The van der Waals surface area contributed by atoms with Crippen molar-refractivity contribution >= 4 is 28.9 Å². The van der Waals surface area contributed by atoms with E-state index >= 15 is 0 Å². The summed E-state index contributed by atoms with van der Waals surface area (Å²) in [6.45, 7) is 1.92. The van der Waals surface area contributed by atoms with Gasteiger partial charge in [-0.2, -0.15) is 0 Å². The number of amides is 1. The zero-order chi connectivity index (χ0) is 20.1. The Balaban J connectivity index is 1.94. The topological polar surface area (TPSA) is 54.0 Å². The molecule has 4 rings (SSSR count). The molecule has 7 heteroatoms. The van der Waals surface area contributed by atoms with Gasteiger partial charge in [-0.3, -0.25) is 9.69 Å². The number of para-hydroxylation sites is 3. The molecule has 2 heterocycles. The normalized spacial score (nSPS) is 25.3. The highest BCUT2D eigenvalue weighted by atomic mass is 32.1. The maximum atomic E-state index is 13.3. The second kappa shape index (κ2) is 6.67. The fraction of sp³-hybridized carbons (Fsp3) is 0.333. The van der Waals surface area contributed by atoms with Gasteiger partial charge < -0.3 is 19.7 Å². The van der Waals surface area contributed by atoms with Crippen LogP contribution in [0.4, 0.5) is 5.69 Å². The fourth-order valence-electron chi connectivity index (χ4n) is 4.16. The average molecular weight is 398 g/mol. The molecule has 146 valence electrons. The third-order valence-electron chi connectivity index (χ3n) is 5.44. The van der Waals surface area contributed by atoms with Gasteiger partial charge in [0.25, 0.3) is 0 Å². The molecule has 1 saturated heterocycles. The Morgan fingerprint density at radius 2 is 1.89 bits per heavy atom. The van der Waals surface area contributed by atoms with Crippen molar-refractivity contribution in [2.24, 2.45) is 5.92 Å². The van der Waals surface area contributed by atoms with Crippen molar-refractivity contribution in [3.63, 3.8) is 0 Å². The predicted octanol–water partition coefficient (Wildman–Crippen LogP) is 2.94. The molecule has 2 aromatic rings. The molecule has 3 atom stereocenters. The molecule has 1 N–H and O–H groups in total. The molecule has 2 aliphatic rings. The van der Waals surface area contributed by atoms with E-state index < -0.39 is 11.6 Å². The van der Waals surface area contributed by atoms with Crippen LogP contribution in [0.25, 0.3) is 0 Å². The van der Waals surface area contributed by atoms with Crippen LogP contribution in [0, 0.1) is 5.92 Å². The number of hydrogen-bond acceptors (Lipinski definition) is 4. The van der Waals surface area contributed by atoms with Crippen LogP contribution in [0.1, 0.15) is 18.5 Å². The Hall–Kier alpha value is -2.80. The van der Waals surface area contributed by atoms with Crippen LogP contribution in [0.5, 0.6) is 11.5 Å². The van der Waals surface area contributed by atoms with Gasteiger partial charge in [-0.05, 0) is 37.3 Å². The number of rotatable bonds is 3. The Morgan fingerprint density at radius 3 is 2.61 bits per heavy atom. The largest absolute Gasteiger partial charge is 0.495 e. The van der Waals surface area contributed by atoms with Crippen molar-refractivity contribution < 1.29 is 14.3 Å². The maximum Gasteiger partial charge on any atom is 0.233 e. The second-order valence-electron chi connectivity index (χ2n) is 7.34. The third kappa shape index (κ3) is 2.61. The van der Waals surface area contributed by atoms with Crippen molar-refractivity contribution in [1.29, 1.82) is 0 Å². The monoisotopic (exact) mass is 397 g/mol. The van der Waals surface area contributed by atoms with E-state index in [1.807, 2.05) is 60.4 Å². The van der Waals surface area contributed by atoms with Crippen LogP contribution in [0.15, 0.2) is 48.5 Å². The number of anilines is 1. The molecule has 2 bridgehead atoms. The number of nitrogens with one attached hydrogen (secondary N) is 1. The van der Waals surface area contributed by atoms with E-state index in [1.165, 1.54) is 0 Å². The minimum Gasteiger partial charge on any atom is -0.495 e. The second-order valence-corrected chi connectivity index (χ2v) is 7.73. The van der Waals surface area contributed by atoms with E-state index in [1.54, 1.807) is 26.1 Å². The summed E-state index contributed by atoms with van der Waals surface area (Å²) in [5.41, 5.74) is 0.665. The van der Waals surface area contributed by atoms with Crippen LogP contribution in [0.3, 0.4) is 0 Å². The van der Waals surface area contributed by atoms with Gasteiger partial charge in [0.15, 0.2) is 10.8 Å². The van der Waals surface area contributed by atoms with Crippen molar-refractivity contribution in [2.45, 2.75) is 18.7 Å². The molecule has 0 aliphatic carbocycles. The molecule has 0 spiro atoms. The van der Waals surface area contributed by atoms with Gasteiger partial charge in [0.1, 0.15) is 17.4 Å². The van der Waals surface area contributed by atoms with E-state index in [2.05, 4.69) is 5.32 Å². The molecule has 6 nitrogen and oxygen atoms in total. The van der Waals surface area contributed by atoms with E-state index in [9.17, 15) is 4.79 Å². The zero-order valence-electron chi connectivity index (χ0n) is 16.3. The van der Waals surface area contributed by atoms with Gasteiger partial charge in [0.2, 0.25) is 5.91 Å². The first kappa shape index (κ1) is 18.6. The van der Waals surface area contributed by atoms with Crippen LogP contribution in [-0.2, 0) is 4.79 Å². The standard InChI is InChI=1S/C21H23N3O3S/c1-21-17(19(25)23(2)3)18(13-9-5-7-11-15(13)27-21)22-20(28)24(21)14-10-6-8-12-16(14)26-4/h5-12,17-18H,1-4H3,(H,22,28)/t17-,18-,21-/m0/s1. The predicted molar refractivity (Wildman–Crippen MR) is 112 cm³/mol. The summed E-state index contributed by atoms with van der Waals surface area (Å²) < 4.78 is 12.1. The van der Waals surface area contributed by atoms with Crippen molar-refractivity contribution in [3.8, 4) is 11.5 Å². The molecule has 0 radical (unpaired) electrons. The van der Waals surface area contributed by atoms with E-state index in [0.29, 0.717) is 10.9 Å². The van der Waals surface area contributed by atoms with Crippen LogP contribution in [-0.4, -0.2) is 42.8 Å². The number of hydrogen-bond donors (Lipinski definition) is 1. The van der Waals surface area contributed by atoms with Gasteiger partial charge in [0, 0.05) is 19.7 Å². The number of methoxy groups -OCH3 is 1. The zero-order valence-corrected chi connectivity index (χ0v) is 17.1. The first-order valence-electron chi connectivity index (χ1n) is 9.11. The lowest BCUT2D eigenvalue weighted by Gasteiger charge is -2.56. The first-order chi connectivity index (χ1) is 13.4. The van der Waals surface area contributed by atoms with E-state index in [-0.39, 0.29) is 11.9 Å². The average Bonchev–Trinajstić information content (AvgIpc) is 2.67. The Labute approximate surface area is 170 Å². The Morgan fingerprint density at radius 1 is 1.21 bits per heavy atom. The SMILES string of the molecule is COc1ccccc1N1C(=S)N[C@H]2c3ccccc3O[C@@]1(C)[C@@H]2C(=O)N(C)C.